The molecule has 1 N–H and O–H groups in total. The summed E-state index contributed by atoms with van der Waals surface area (Å²) in [6.45, 7) is 1.17. The summed E-state index contributed by atoms with van der Waals surface area (Å²) in [6.07, 6.45) is 1.90. The lowest BCUT2D eigenvalue weighted by Gasteiger charge is -2.11. The molecule has 0 aliphatic carbocycles. The third-order valence-electron chi connectivity index (χ3n) is 2.70. The van der Waals surface area contributed by atoms with E-state index in [1.165, 1.54) is 13.2 Å². The van der Waals surface area contributed by atoms with E-state index in [9.17, 15) is 8.78 Å². The molecule has 0 unspecified atom stereocenters. The van der Waals surface area contributed by atoms with Crippen LogP contribution in [0.3, 0.4) is 0 Å². The minimum absolute atomic E-state index is 0.0291. The van der Waals surface area contributed by atoms with E-state index in [2.05, 4.69) is 10.1 Å². The Labute approximate surface area is 123 Å². The molecule has 6 heteroatoms. The van der Waals surface area contributed by atoms with Crippen molar-refractivity contribution in [2.45, 2.75) is 13.5 Å². The molecule has 0 fully saturated rings. The number of benzene rings is 1. The van der Waals surface area contributed by atoms with Gasteiger partial charge in [-0.2, -0.15) is 8.78 Å². The van der Waals surface area contributed by atoms with Crippen molar-refractivity contribution in [3.63, 3.8) is 0 Å². The van der Waals surface area contributed by atoms with Crippen LogP contribution in [-0.2, 0) is 4.74 Å². The SMILES string of the molecule is COCCNCC(C)=Cc1ccc(OC)c(OC(F)F)c1. The smallest absolute Gasteiger partial charge is 0.387 e. The van der Waals surface area contributed by atoms with Gasteiger partial charge in [-0.15, -0.1) is 0 Å². The van der Waals surface area contributed by atoms with Crippen LogP contribution in [0.4, 0.5) is 8.78 Å². The molecule has 1 aromatic rings. The van der Waals surface area contributed by atoms with Crippen molar-refractivity contribution in [1.82, 2.24) is 5.32 Å². The van der Waals surface area contributed by atoms with Crippen LogP contribution in [0.2, 0.25) is 0 Å². The van der Waals surface area contributed by atoms with Gasteiger partial charge in [0, 0.05) is 20.2 Å². The van der Waals surface area contributed by atoms with Gasteiger partial charge in [0.25, 0.3) is 0 Å². The molecule has 0 aromatic heterocycles. The fraction of sp³-hybridized carbons (Fsp3) is 0.467. The molecular formula is C15H21F2NO3. The predicted octanol–water partition coefficient (Wildman–Crippen LogP) is 2.94. The summed E-state index contributed by atoms with van der Waals surface area (Å²) in [5.41, 5.74) is 1.84. The van der Waals surface area contributed by atoms with E-state index in [1.807, 2.05) is 13.0 Å². The molecule has 0 saturated heterocycles. The first kappa shape index (κ1) is 17.4. The van der Waals surface area contributed by atoms with Gasteiger partial charge in [0.2, 0.25) is 0 Å². The molecule has 1 aromatic carbocycles. The molecule has 0 atom stereocenters. The molecule has 0 saturated carbocycles. The molecule has 0 bridgehead atoms. The number of methoxy groups -OCH3 is 2. The van der Waals surface area contributed by atoms with Gasteiger partial charge < -0.3 is 19.5 Å². The van der Waals surface area contributed by atoms with E-state index in [0.29, 0.717) is 13.2 Å². The lowest BCUT2D eigenvalue weighted by Crippen LogP contribution is -2.20. The number of alkyl halides is 2. The first-order valence-electron chi connectivity index (χ1n) is 6.56. The minimum Gasteiger partial charge on any atom is -0.493 e. The molecule has 21 heavy (non-hydrogen) atoms. The van der Waals surface area contributed by atoms with Crippen LogP contribution in [-0.4, -0.2) is 40.5 Å². The number of ether oxygens (including phenoxy) is 3. The van der Waals surface area contributed by atoms with Crippen molar-refractivity contribution >= 4 is 6.08 Å². The standard InChI is InChI=1S/C15H21F2NO3/c1-11(10-18-6-7-19-2)8-12-4-5-13(20-3)14(9-12)21-15(16)17/h4-5,8-9,15,18H,6-7,10H2,1-3H3. The highest BCUT2D eigenvalue weighted by molar-refractivity contribution is 5.58. The van der Waals surface area contributed by atoms with E-state index in [4.69, 9.17) is 9.47 Å². The zero-order valence-electron chi connectivity index (χ0n) is 12.5. The van der Waals surface area contributed by atoms with Gasteiger partial charge in [0.1, 0.15) is 0 Å². The number of rotatable bonds is 9. The Balaban J connectivity index is 2.73. The van der Waals surface area contributed by atoms with Gasteiger partial charge in [0.05, 0.1) is 13.7 Å². The summed E-state index contributed by atoms with van der Waals surface area (Å²) in [5, 5.41) is 3.21. The molecular weight excluding hydrogens is 280 g/mol. The minimum atomic E-state index is -2.88. The third kappa shape index (κ3) is 6.55. The second-order valence-corrected chi connectivity index (χ2v) is 4.45. The zero-order chi connectivity index (χ0) is 15.7. The Kier molecular flexibility index (Phi) is 7.71. The van der Waals surface area contributed by atoms with Crippen LogP contribution in [0.15, 0.2) is 23.8 Å². The average molecular weight is 301 g/mol. The lowest BCUT2D eigenvalue weighted by molar-refractivity contribution is -0.0512. The summed E-state index contributed by atoms with van der Waals surface area (Å²) in [4.78, 5) is 0. The van der Waals surface area contributed by atoms with Gasteiger partial charge >= 0.3 is 6.61 Å². The van der Waals surface area contributed by atoms with E-state index in [0.717, 1.165) is 17.7 Å². The molecule has 118 valence electrons. The molecule has 0 aliphatic rings. The molecule has 0 radical (unpaired) electrons. The highest BCUT2D eigenvalue weighted by Crippen LogP contribution is 2.30. The van der Waals surface area contributed by atoms with Crippen molar-refractivity contribution in [3.8, 4) is 11.5 Å². The lowest BCUT2D eigenvalue weighted by atomic mass is 10.1. The van der Waals surface area contributed by atoms with Crippen LogP contribution in [0.1, 0.15) is 12.5 Å². The third-order valence-corrected chi connectivity index (χ3v) is 2.70. The van der Waals surface area contributed by atoms with Crippen molar-refractivity contribution in [2.75, 3.05) is 33.9 Å². The molecule has 0 amide bonds. The summed E-state index contributed by atoms with van der Waals surface area (Å²) < 4.78 is 39.1. The fourth-order valence-electron chi connectivity index (χ4n) is 1.77. The Bertz CT molecular complexity index is 464. The van der Waals surface area contributed by atoms with Gasteiger partial charge in [-0.05, 0) is 24.6 Å². The molecule has 0 spiro atoms. The highest BCUT2D eigenvalue weighted by atomic mass is 19.3. The number of halogens is 2. The van der Waals surface area contributed by atoms with Gasteiger partial charge in [-0.25, -0.2) is 0 Å². The number of nitrogens with one attached hydrogen (secondary N) is 1. The summed E-state index contributed by atoms with van der Waals surface area (Å²) >= 11 is 0. The first-order chi connectivity index (χ1) is 10.1. The van der Waals surface area contributed by atoms with Gasteiger partial charge in [-0.3, -0.25) is 0 Å². The maximum atomic E-state index is 12.4. The van der Waals surface area contributed by atoms with E-state index >= 15 is 0 Å². The molecule has 0 heterocycles. The van der Waals surface area contributed by atoms with Crippen LogP contribution in [0.25, 0.3) is 6.08 Å². The Morgan fingerprint density at radius 3 is 2.67 bits per heavy atom. The zero-order valence-corrected chi connectivity index (χ0v) is 12.5. The van der Waals surface area contributed by atoms with Crippen LogP contribution < -0.4 is 14.8 Å². The Morgan fingerprint density at radius 2 is 2.05 bits per heavy atom. The fourth-order valence-corrected chi connectivity index (χ4v) is 1.77. The molecule has 1 rings (SSSR count). The topological polar surface area (TPSA) is 39.7 Å². The quantitative estimate of drug-likeness (QED) is 0.712. The largest absolute Gasteiger partial charge is 0.493 e. The van der Waals surface area contributed by atoms with Gasteiger partial charge in [0.15, 0.2) is 11.5 Å². The maximum Gasteiger partial charge on any atom is 0.387 e. The Morgan fingerprint density at radius 1 is 1.29 bits per heavy atom. The average Bonchev–Trinajstić information content (AvgIpc) is 2.43. The van der Waals surface area contributed by atoms with Crippen LogP contribution in [0, 0.1) is 0 Å². The highest BCUT2D eigenvalue weighted by Gasteiger charge is 2.10. The van der Waals surface area contributed by atoms with Crippen molar-refractivity contribution in [1.29, 1.82) is 0 Å². The maximum absolute atomic E-state index is 12.4. The number of hydrogen-bond acceptors (Lipinski definition) is 4. The summed E-state index contributed by atoms with van der Waals surface area (Å²) in [7, 11) is 3.06. The predicted molar refractivity (Wildman–Crippen MR) is 78.0 cm³/mol. The Hall–Kier alpha value is -1.66. The summed E-state index contributed by atoms with van der Waals surface area (Å²) in [6, 6.07) is 4.93. The van der Waals surface area contributed by atoms with E-state index < -0.39 is 6.61 Å². The van der Waals surface area contributed by atoms with Crippen molar-refractivity contribution in [2.24, 2.45) is 0 Å². The van der Waals surface area contributed by atoms with Crippen molar-refractivity contribution < 1.29 is 23.0 Å². The first-order valence-corrected chi connectivity index (χ1v) is 6.56. The normalized spacial score (nSPS) is 11.8. The van der Waals surface area contributed by atoms with E-state index in [1.54, 1.807) is 19.2 Å². The number of hydrogen-bond donors (Lipinski definition) is 1. The van der Waals surface area contributed by atoms with E-state index in [-0.39, 0.29) is 11.5 Å². The monoisotopic (exact) mass is 301 g/mol. The second kappa shape index (κ2) is 9.31. The molecule has 4 nitrogen and oxygen atoms in total. The second-order valence-electron chi connectivity index (χ2n) is 4.45. The van der Waals surface area contributed by atoms with Crippen molar-refractivity contribution in [3.05, 3.63) is 29.3 Å². The van der Waals surface area contributed by atoms with Gasteiger partial charge in [-0.1, -0.05) is 17.7 Å². The van der Waals surface area contributed by atoms with Crippen LogP contribution >= 0.6 is 0 Å². The summed E-state index contributed by atoms with van der Waals surface area (Å²) in [5.74, 6) is 0.310. The van der Waals surface area contributed by atoms with Crippen LogP contribution in [0.5, 0.6) is 11.5 Å². The molecule has 0 aliphatic heterocycles.